The van der Waals surface area contributed by atoms with Crippen LogP contribution in [0.15, 0.2) is 60.8 Å². The van der Waals surface area contributed by atoms with Crippen molar-refractivity contribution in [1.82, 2.24) is 9.47 Å². The van der Waals surface area contributed by atoms with Gasteiger partial charge in [0.25, 0.3) is 0 Å². The number of anilines is 1. The monoisotopic (exact) mass is 377 g/mol. The van der Waals surface area contributed by atoms with Crippen molar-refractivity contribution < 1.29 is 9.18 Å². The molecule has 1 aliphatic rings. The van der Waals surface area contributed by atoms with E-state index in [9.17, 15) is 9.18 Å². The Morgan fingerprint density at radius 2 is 1.93 bits per heavy atom. The van der Waals surface area contributed by atoms with Crippen molar-refractivity contribution >= 4 is 11.7 Å². The van der Waals surface area contributed by atoms with Crippen molar-refractivity contribution in [1.29, 1.82) is 0 Å². The number of nitrogens with zero attached hydrogens (tertiary/aromatic N) is 2. The molecule has 2 heterocycles. The normalized spacial score (nSPS) is 15.8. The average molecular weight is 377 g/mol. The van der Waals surface area contributed by atoms with Crippen LogP contribution < -0.4 is 5.32 Å². The number of carbonyl (C=O) groups is 1. The molecule has 0 saturated heterocycles. The van der Waals surface area contributed by atoms with E-state index in [0.717, 1.165) is 16.9 Å². The fraction of sp³-hybridized carbons (Fsp3) is 0.261. The number of urea groups is 1. The molecular formula is C23H24FN3O. The maximum absolute atomic E-state index is 13.9. The highest BCUT2D eigenvalue weighted by Crippen LogP contribution is 2.36. The second kappa shape index (κ2) is 7.15. The molecule has 1 atom stereocenters. The topological polar surface area (TPSA) is 37.3 Å². The van der Waals surface area contributed by atoms with Gasteiger partial charge in [-0.3, -0.25) is 0 Å². The highest BCUT2D eigenvalue weighted by Gasteiger charge is 2.33. The number of hydrogen-bond acceptors (Lipinski definition) is 1. The lowest BCUT2D eigenvalue weighted by molar-refractivity contribution is 0.162. The molecule has 1 aromatic heterocycles. The van der Waals surface area contributed by atoms with Gasteiger partial charge in [-0.1, -0.05) is 38.1 Å². The summed E-state index contributed by atoms with van der Waals surface area (Å²) in [4.78, 5) is 15.1. The predicted molar refractivity (Wildman–Crippen MR) is 109 cm³/mol. The third-order valence-corrected chi connectivity index (χ3v) is 5.33. The van der Waals surface area contributed by atoms with Crippen LogP contribution in [0.3, 0.4) is 0 Å². The molecule has 0 spiro atoms. The lowest BCUT2D eigenvalue weighted by Crippen LogP contribution is -2.39. The van der Waals surface area contributed by atoms with Crippen LogP contribution in [0.1, 0.15) is 36.7 Å². The molecule has 0 aliphatic carbocycles. The van der Waals surface area contributed by atoms with Crippen molar-refractivity contribution in [2.24, 2.45) is 5.92 Å². The summed E-state index contributed by atoms with van der Waals surface area (Å²) in [5, 5.41) is 2.88. The fourth-order valence-corrected chi connectivity index (χ4v) is 3.94. The molecule has 0 unspecified atom stereocenters. The summed E-state index contributed by atoms with van der Waals surface area (Å²) in [6.07, 6.45) is 2.04. The van der Waals surface area contributed by atoms with Gasteiger partial charge in [0.2, 0.25) is 0 Å². The second-order valence-electron chi connectivity index (χ2n) is 7.64. The molecule has 5 heteroatoms. The summed E-state index contributed by atoms with van der Waals surface area (Å²) in [5.41, 5.74) is 4.26. The molecular weight excluding hydrogens is 353 g/mol. The predicted octanol–water partition coefficient (Wildman–Crippen LogP) is 5.67. The number of halogens is 1. The lowest BCUT2D eigenvalue weighted by Gasteiger charge is -2.33. The van der Waals surface area contributed by atoms with Gasteiger partial charge in [-0.15, -0.1) is 0 Å². The largest absolute Gasteiger partial charge is 0.322 e. The number of aromatic nitrogens is 1. The van der Waals surface area contributed by atoms with Crippen LogP contribution in [0, 0.1) is 18.7 Å². The number of carbonyl (C=O) groups excluding carboxylic acids is 1. The van der Waals surface area contributed by atoms with E-state index in [1.807, 2.05) is 35.4 Å². The Morgan fingerprint density at radius 3 is 2.68 bits per heavy atom. The van der Waals surface area contributed by atoms with E-state index in [4.69, 9.17) is 0 Å². The Hall–Kier alpha value is -3.08. The molecule has 1 N–H and O–H groups in total. The van der Waals surface area contributed by atoms with Crippen LogP contribution >= 0.6 is 0 Å². The molecule has 4 nitrogen and oxygen atoms in total. The van der Waals surface area contributed by atoms with E-state index in [0.29, 0.717) is 17.8 Å². The molecule has 2 aromatic carbocycles. The Labute approximate surface area is 164 Å². The van der Waals surface area contributed by atoms with Crippen molar-refractivity contribution in [3.63, 3.8) is 0 Å². The summed E-state index contributed by atoms with van der Waals surface area (Å²) in [5.74, 6) is -0.114. The molecule has 1 aliphatic heterocycles. The fourth-order valence-electron chi connectivity index (χ4n) is 3.94. The third kappa shape index (κ3) is 3.17. The van der Waals surface area contributed by atoms with Gasteiger partial charge in [0.05, 0.1) is 18.3 Å². The standard InChI is InChI=1S/C23H24FN3O/c1-15(2)22-21-9-6-12-26(21)20-8-5-4-7-17(20)14-27(22)23(28)25-18-11-10-16(3)19(24)13-18/h4-13,15,22H,14H2,1-3H3,(H,25,28)/t22-/m1/s1. The Kier molecular flexibility index (Phi) is 4.67. The van der Waals surface area contributed by atoms with E-state index < -0.39 is 0 Å². The molecule has 0 bridgehead atoms. The molecule has 3 aromatic rings. The summed E-state index contributed by atoms with van der Waals surface area (Å²) in [6.45, 7) is 6.42. The lowest BCUT2D eigenvalue weighted by atomic mass is 9.99. The molecule has 4 rings (SSSR count). The van der Waals surface area contributed by atoms with Gasteiger partial charge in [-0.05, 0) is 54.3 Å². The minimum absolute atomic E-state index is 0.0994. The van der Waals surface area contributed by atoms with E-state index in [1.54, 1.807) is 19.1 Å². The van der Waals surface area contributed by atoms with E-state index in [2.05, 4.69) is 35.9 Å². The number of rotatable bonds is 2. The van der Waals surface area contributed by atoms with E-state index in [-0.39, 0.29) is 23.8 Å². The van der Waals surface area contributed by atoms with Crippen LogP contribution in [0.5, 0.6) is 0 Å². The third-order valence-electron chi connectivity index (χ3n) is 5.33. The zero-order valence-corrected chi connectivity index (χ0v) is 16.3. The highest BCUT2D eigenvalue weighted by molar-refractivity contribution is 5.89. The van der Waals surface area contributed by atoms with Crippen molar-refractivity contribution in [3.8, 4) is 5.69 Å². The van der Waals surface area contributed by atoms with Gasteiger partial charge in [0.15, 0.2) is 0 Å². The Balaban J connectivity index is 1.74. The maximum atomic E-state index is 13.9. The minimum atomic E-state index is -0.326. The van der Waals surface area contributed by atoms with E-state index in [1.165, 1.54) is 6.07 Å². The molecule has 0 radical (unpaired) electrons. The average Bonchev–Trinajstić information content (AvgIpc) is 3.08. The number of aryl methyl sites for hydroxylation is 1. The first-order valence-corrected chi connectivity index (χ1v) is 9.55. The van der Waals surface area contributed by atoms with Gasteiger partial charge in [-0.25, -0.2) is 9.18 Å². The summed E-state index contributed by atoms with van der Waals surface area (Å²) in [6, 6.07) is 16.7. The quantitative estimate of drug-likeness (QED) is 0.614. The van der Waals surface area contributed by atoms with Crippen molar-refractivity contribution in [2.45, 2.75) is 33.4 Å². The summed E-state index contributed by atoms with van der Waals surface area (Å²) >= 11 is 0. The molecule has 2 amide bonds. The maximum Gasteiger partial charge on any atom is 0.322 e. The number of amides is 2. The van der Waals surface area contributed by atoms with Crippen LogP contribution in [0.4, 0.5) is 14.9 Å². The van der Waals surface area contributed by atoms with Crippen LogP contribution in [-0.2, 0) is 6.54 Å². The number of benzene rings is 2. The number of fused-ring (bicyclic) bond motifs is 3. The number of para-hydroxylation sites is 1. The zero-order valence-electron chi connectivity index (χ0n) is 16.3. The SMILES string of the molecule is Cc1ccc(NC(=O)N2Cc3ccccc3-n3cccc3[C@H]2C(C)C)cc1F. The van der Waals surface area contributed by atoms with Crippen LogP contribution in [0.2, 0.25) is 0 Å². The van der Waals surface area contributed by atoms with Gasteiger partial charge in [0.1, 0.15) is 5.82 Å². The van der Waals surface area contributed by atoms with Gasteiger partial charge in [-0.2, -0.15) is 0 Å². The zero-order chi connectivity index (χ0) is 19.8. The van der Waals surface area contributed by atoms with Gasteiger partial charge in [0, 0.05) is 17.6 Å². The Bertz CT molecular complexity index is 1020. The summed E-state index contributed by atoms with van der Waals surface area (Å²) in [7, 11) is 0. The Morgan fingerprint density at radius 1 is 1.14 bits per heavy atom. The van der Waals surface area contributed by atoms with E-state index >= 15 is 0 Å². The first kappa shape index (κ1) is 18.3. The molecule has 28 heavy (non-hydrogen) atoms. The van der Waals surface area contributed by atoms with Crippen LogP contribution in [0.25, 0.3) is 5.69 Å². The smallest absolute Gasteiger partial charge is 0.318 e. The number of hydrogen-bond donors (Lipinski definition) is 1. The number of nitrogens with one attached hydrogen (secondary N) is 1. The second-order valence-corrected chi connectivity index (χ2v) is 7.64. The van der Waals surface area contributed by atoms with Crippen LogP contribution in [-0.4, -0.2) is 15.5 Å². The van der Waals surface area contributed by atoms with Crippen molar-refractivity contribution in [2.75, 3.05) is 5.32 Å². The van der Waals surface area contributed by atoms with Gasteiger partial charge < -0.3 is 14.8 Å². The highest BCUT2D eigenvalue weighted by atomic mass is 19.1. The minimum Gasteiger partial charge on any atom is -0.318 e. The summed E-state index contributed by atoms with van der Waals surface area (Å²) < 4.78 is 16.1. The van der Waals surface area contributed by atoms with Crippen molar-refractivity contribution in [3.05, 3.63) is 83.4 Å². The first-order chi connectivity index (χ1) is 13.5. The van der Waals surface area contributed by atoms with Gasteiger partial charge >= 0.3 is 6.03 Å². The molecule has 144 valence electrons. The molecule has 0 saturated carbocycles. The molecule has 0 fully saturated rings. The first-order valence-electron chi connectivity index (χ1n) is 9.55.